The summed E-state index contributed by atoms with van der Waals surface area (Å²) in [7, 11) is 4.49. The minimum Gasteiger partial charge on any atom is -0.497 e. The highest BCUT2D eigenvalue weighted by molar-refractivity contribution is 6.35. The number of hydrogen-bond acceptors (Lipinski definition) is 9. The van der Waals surface area contributed by atoms with Gasteiger partial charge in [-0.15, -0.1) is 0 Å². The van der Waals surface area contributed by atoms with Crippen LogP contribution in [0.4, 0.5) is 0 Å². The lowest BCUT2D eigenvalue weighted by molar-refractivity contribution is 0.0554. The monoisotopic (exact) mass is 620 g/mol. The molecule has 2 heterocycles. The van der Waals surface area contributed by atoms with Gasteiger partial charge in [0.1, 0.15) is 24.7 Å². The van der Waals surface area contributed by atoms with E-state index >= 15 is 0 Å². The van der Waals surface area contributed by atoms with Gasteiger partial charge in [0.2, 0.25) is 5.76 Å². The predicted molar refractivity (Wildman–Crippen MR) is 162 cm³/mol. The Hall–Kier alpha value is -4.70. The number of methoxy groups -OCH3 is 3. The third kappa shape index (κ3) is 6.60. The van der Waals surface area contributed by atoms with Crippen LogP contribution < -0.4 is 18.9 Å². The second kappa shape index (κ2) is 13.3. The summed E-state index contributed by atoms with van der Waals surface area (Å²) in [5, 5.41) is 4.23. The van der Waals surface area contributed by atoms with Gasteiger partial charge in [-0.25, -0.2) is 4.79 Å². The maximum atomic E-state index is 13.8. The number of nitrogens with zero attached hydrogens (tertiary/aromatic N) is 2. The lowest BCUT2D eigenvalue weighted by atomic mass is 9.86. The average molecular weight is 621 g/mol. The summed E-state index contributed by atoms with van der Waals surface area (Å²) in [4.78, 5) is 27.4. The van der Waals surface area contributed by atoms with Gasteiger partial charge in [0.15, 0.2) is 11.5 Å². The van der Waals surface area contributed by atoms with E-state index in [0.29, 0.717) is 31.0 Å². The smallest absolute Gasteiger partial charge is 0.376 e. The minimum absolute atomic E-state index is 0.0143. The van der Waals surface area contributed by atoms with Crippen molar-refractivity contribution < 1.29 is 37.8 Å². The summed E-state index contributed by atoms with van der Waals surface area (Å²) in [5.74, 6) is 1.29. The quantitative estimate of drug-likeness (QED) is 0.184. The summed E-state index contributed by atoms with van der Waals surface area (Å²) in [6.45, 7) is 3.23. The van der Waals surface area contributed by atoms with Crippen LogP contribution in [0.1, 0.15) is 51.1 Å². The number of hydrogen-bond donors (Lipinski definition) is 0. The van der Waals surface area contributed by atoms with Gasteiger partial charge in [0.05, 0.1) is 37.6 Å². The summed E-state index contributed by atoms with van der Waals surface area (Å²) >= 11 is 6.90. The molecule has 3 aromatic carbocycles. The van der Waals surface area contributed by atoms with Crippen molar-refractivity contribution >= 4 is 23.5 Å². The van der Waals surface area contributed by atoms with E-state index in [4.69, 9.17) is 39.8 Å². The molecule has 1 aliphatic rings. The molecule has 5 rings (SSSR count). The number of amides is 1. The molecule has 44 heavy (non-hydrogen) atoms. The molecule has 0 N–H and O–H groups in total. The lowest BCUT2D eigenvalue weighted by Gasteiger charge is -2.23. The van der Waals surface area contributed by atoms with Gasteiger partial charge in [0.25, 0.3) is 5.91 Å². The predicted octanol–water partition coefficient (Wildman–Crippen LogP) is 6.09. The number of esters is 1. The number of ether oxygens (including phenoxy) is 5. The third-order valence-electron chi connectivity index (χ3n) is 7.66. The number of carbonyl (C=O) groups excluding carboxylic acids is 2. The van der Waals surface area contributed by atoms with Crippen LogP contribution in [0.25, 0.3) is 0 Å². The van der Waals surface area contributed by atoms with Gasteiger partial charge < -0.3 is 33.1 Å². The first kappa shape index (κ1) is 30.7. The molecule has 1 atom stereocenters. The van der Waals surface area contributed by atoms with Crippen LogP contribution in [0.5, 0.6) is 23.0 Å². The fourth-order valence-electron chi connectivity index (χ4n) is 4.98. The molecule has 10 nitrogen and oxygen atoms in total. The number of rotatable bonds is 11. The van der Waals surface area contributed by atoms with Gasteiger partial charge in [-0.2, -0.15) is 0 Å². The molecule has 1 saturated heterocycles. The number of carbonyl (C=O) groups is 2. The molecular weight excluding hydrogens is 588 g/mol. The second-order valence-corrected chi connectivity index (χ2v) is 11.0. The minimum atomic E-state index is -0.610. The number of aromatic nitrogens is 1. The Labute approximate surface area is 260 Å². The van der Waals surface area contributed by atoms with E-state index < -0.39 is 11.4 Å². The maximum Gasteiger partial charge on any atom is 0.376 e. The molecular formula is C33H33ClN2O8. The normalized spacial score (nSPS) is 16.0. The van der Waals surface area contributed by atoms with Crippen molar-refractivity contribution in [2.45, 2.75) is 32.0 Å². The molecule has 230 valence electrons. The largest absolute Gasteiger partial charge is 0.497 e. The van der Waals surface area contributed by atoms with Crippen LogP contribution >= 0.6 is 11.6 Å². The molecule has 11 heteroatoms. The molecule has 1 aromatic heterocycles. The van der Waals surface area contributed by atoms with Crippen LogP contribution in [-0.4, -0.2) is 56.4 Å². The first-order valence-electron chi connectivity index (χ1n) is 13.9. The van der Waals surface area contributed by atoms with Crippen molar-refractivity contribution in [1.29, 1.82) is 0 Å². The van der Waals surface area contributed by atoms with E-state index in [0.717, 1.165) is 22.6 Å². The van der Waals surface area contributed by atoms with Gasteiger partial charge >= 0.3 is 5.97 Å². The highest BCUT2D eigenvalue weighted by Gasteiger charge is 2.41. The van der Waals surface area contributed by atoms with E-state index in [1.807, 2.05) is 55.5 Å². The van der Waals surface area contributed by atoms with Gasteiger partial charge in [-0.3, -0.25) is 4.79 Å². The summed E-state index contributed by atoms with van der Waals surface area (Å²) in [6, 6.07) is 19.9. The van der Waals surface area contributed by atoms with Crippen LogP contribution in [0.2, 0.25) is 5.02 Å². The lowest BCUT2D eigenvalue weighted by Crippen LogP contribution is -2.33. The zero-order chi connectivity index (χ0) is 31.3. The van der Waals surface area contributed by atoms with Crippen molar-refractivity contribution in [2.75, 3.05) is 34.4 Å². The van der Waals surface area contributed by atoms with Crippen LogP contribution in [0.3, 0.4) is 0 Å². The Morgan fingerprint density at radius 3 is 2.11 bits per heavy atom. The Morgan fingerprint density at radius 2 is 1.52 bits per heavy atom. The Morgan fingerprint density at radius 1 is 0.909 bits per heavy atom. The molecule has 0 unspecified atom stereocenters. The molecule has 0 aliphatic carbocycles. The van der Waals surface area contributed by atoms with Crippen molar-refractivity contribution in [3.05, 3.63) is 99.9 Å². The van der Waals surface area contributed by atoms with E-state index in [1.54, 1.807) is 37.3 Å². The fourth-order valence-corrected chi connectivity index (χ4v) is 5.27. The van der Waals surface area contributed by atoms with Crippen molar-refractivity contribution in [3.63, 3.8) is 0 Å². The van der Waals surface area contributed by atoms with Crippen LogP contribution in [0.15, 0.2) is 71.3 Å². The molecule has 0 saturated carbocycles. The van der Waals surface area contributed by atoms with Gasteiger partial charge in [0, 0.05) is 24.6 Å². The number of halogens is 1. The van der Waals surface area contributed by atoms with E-state index in [9.17, 15) is 9.59 Å². The fraction of sp³-hybridized carbons (Fsp3) is 0.303. The third-order valence-corrected chi connectivity index (χ3v) is 8.04. The van der Waals surface area contributed by atoms with Crippen LogP contribution in [0, 0.1) is 0 Å². The van der Waals surface area contributed by atoms with E-state index in [2.05, 4.69) is 5.16 Å². The standard InChI is InChI=1S/C33H33ClN2O8/c1-33(28-17-27(44-35-28)32(38)41-4)15-16-36(20-33)31(37)25-13-14-26(42-18-21-5-9-23(39-2)10-6-21)30(29(25)34)43-19-22-7-11-24(40-3)12-8-22/h5-14,17H,15-16,18-20H2,1-4H3/t33-/m1/s1. The number of benzene rings is 3. The van der Waals surface area contributed by atoms with Gasteiger partial charge in [-0.05, 0) is 53.9 Å². The average Bonchev–Trinajstić information content (AvgIpc) is 3.72. The van der Waals surface area contributed by atoms with Crippen molar-refractivity contribution in [1.82, 2.24) is 10.1 Å². The zero-order valence-electron chi connectivity index (χ0n) is 24.9. The highest BCUT2D eigenvalue weighted by Crippen LogP contribution is 2.41. The van der Waals surface area contributed by atoms with Crippen LogP contribution in [-0.2, 0) is 23.4 Å². The second-order valence-electron chi connectivity index (χ2n) is 10.6. The molecule has 4 aromatic rings. The first-order chi connectivity index (χ1) is 21.2. The Kier molecular flexibility index (Phi) is 9.29. The van der Waals surface area contributed by atoms with Crippen molar-refractivity contribution in [3.8, 4) is 23.0 Å². The maximum absolute atomic E-state index is 13.8. The number of likely N-dealkylation sites (tertiary alicyclic amines) is 1. The highest BCUT2D eigenvalue weighted by atomic mass is 35.5. The zero-order valence-corrected chi connectivity index (χ0v) is 25.7. The molecule has 0 spiro atoms. The topological polar surface area (TPSA) is 110 Å². The molecule has 0 radical (unpaired) electrons. The SMILES string of the molecule is COC(=O)c1cc([C@]2(C)CCN(C(=O)c3ccc(OCc4ccc(OC)cc4)c(OCc4ccc(OC)cc4)c3Cl)C2)no1. The molecule has 1 fully saturated rings. The molecule has 1 amide bonds. The molecule has 1 aliphatic heterocycles. The van der Waals surface area contributed by atoms with E-state index in [-0.39, 0.29) is 41.2 Å². The Bertz CT molecular complexity index is 1620. The molecule has 0 bridgehead atoms. The summed E-state index contributed by atoms with van der Waals surface area (Å²) < 4.78 is 32.7. The first-order valence-corrected chi connectivity index (χ1v) is 14.3. The van der Waals surface area contributed by atoms with Gasteiger partial charge in [-0.1, -0.05) is 47.9 Å². The summed E-state index contributed by atoms with van der Waals surface area (Å²) in [5.41, 5.74) is 2.14. The van der Waals surface area contributed by atoms with Crippen molar-refractivity contribution in [2.24, 2.45) is 0 Å². The van der Waals surface area contributed by atoms with E-state index in [1.165, 1.54) is 7.11 Å². The summed E-state index contributed by atoms with van der Waals surface area (Å²) in [6.07, 6.45) is 0.618. The Balaban J connectivity index is 1.37.